The van der Waals surface area contributed by atoms with Gasteiger partial charge < -0.3 is 9.80 Å². The lowest BCUT2D eigenvalue weighted by Crippen LogP contribution is -2.45. The number of sulfonamides is 1. The van der Waals surface area contributed by atoms with Gasteiger partial charge in [-0.1, -0.05) is 29.3 Å². The fraction of sp³-hybridized carbons (Fsp3) is 0.600. The lowest BCUT2D eigenvalue weighted by atomic mass is 10.2. The van der Waals surface area contributed by atoms with Gasteiger partial charge in [-0.15, -0.1) is 0 Å². The minimum atomic E-state index is -3.35. The van der Waals surface area contributed by atoms with Crippen molar-refractivity contribution < 1.29 is 8.42 Å². The van der Waals surface area contributed by atoms with Crippen molar-refractivity contribution in [2.45, 2.75) is 12.2 Å². The monoisotopic (exact) mass is 379 g/mol. The number of hydrogen-bond donors (Lipinski definition) is 1. The van der Waals surface area contributed by atoms with Crippen molar-refractivity contribution in [1.82, 2.24) is 14.5 Å². The van der Waals surface area contributed by atoms with Gasteiger partial charge in [-0.2, -0.15) is 0 Å². The van der Waals surface area contributed by atoms with Gasteiger partial charge in [0.15, 0.2) is 0 Å². The molecule has 23 heavy (non-hydrogen) atoms. The van der Waals surface area contributed by atoms with Crippen LogP contribution in [0.25, 0.3) is 0 Å². The molecule has 0 atom stereocenters. The van der Waals surface area contributed by atoms with E-state index < -0.39 is 10.0 Å². The average Bonchev–Trinajstić information content (AvgIpc) is 2.49. The molecule has 1 aromatic carbocycles. The van der Waals surface area contributed by atoms with Gasteiger partial charge in [0.05, 0.1) is 15.8 Å². The summed E-state index contributed by atoms with van der Waals surface area (Å²) in [5, 5.41) is 0.794. The van der Waals surface area contributed by atoms with Gasteiger partial charge >= 0.3 is 0 Å². The molecule has 0 aromatic heterocycles. The van der Waals surface area contributed by atoms with E-state index in [0.717, 1.165) is 39.1 Å². The minimum absolute atomic E-state index is 0.0849. The highest BCUT2D eigenvalue weighted by atomic mass is 35.5. The maximum atomic E-state index is 12.1. The Bertz CT molecular complexity index is 617. The summed E-state index contributed by atoms with van der Waals surface area (Å²) >= 11 is 11.7. The predicted molar refractivity (Wildman–Crippen MR) is 95.6 cm³/mol. The van der Waals surface area contributed by atoms with Crippen LogP contribution in [0.3, 0.4) is 0 Å². The zero-order valence-corrected chi connectivity index (χ0v) is 15.6. The highest BCUT2D eigenvalue weighted by molar-refractivity contribution is 7.88. The van der Waals surface area contributed by atoms with Crippen LogP contribution in [0.15, 0.2) is 18.2 Å². The molecule has 1 aliphatic heterocycles. The van der Waals surface area contributed by atoms with Crippen molar-refractivity contribution in [2.75, 3.05) is 46.3 Å². The van der Waals surface area contributed by atoms with E-state index >= 15 is 0 Å². The maximum absolute atomic E-state index is 12.1. The second-order valence-corrected chi connectivity index (χ2v) is 8.52. The lowest BCUT2D eigenvalue weighted by Gasteiger charge is -2.32. The summed E-state index contributed by atoms with van der Waals surface area (Å²) < 4.78 is 26.8. The van der Waals surface area contributed by atoms with Gasteiger partial charge in [-0.25, -0.2) is 13.1 Å². The minimum Gasteiger partial charge on any atom is -0.304 e. The molecule has 1 heterocycles. The fourth-order valence-corrected chi connectivity index (χ4v) is 4.00. The van der Waals surface area contributed by atoms with Crippen molar-refractivity contribution in [2.24, 2.45) is 0 Å². The lowest BCUT2D eigenvalue weighted by molar-refractivity contribution is 0.153. The first-order chi connectivity index (χ1) is 10.9. The molecule has 5 nitrogen and oxygen atoms in total. The molecule has 0 spiro atoms. The molecule has 1 fully saturated rings. The van der Waals surface area contributed by atoms with Crippen LogP contribution in [-0.2, 0) is 15.8 Å². The summed E-state index contributed by atoms with van der Waals surface area (Å²) in [5.41, 5.74) is 0.631. The van der Waals surface area contributed by atoms with E-state index in [4.69, 9.17) is 23.2 Å². The fourth-order valence-electron chi connectivity index (χ4n) is 2.50. The molecular weight excluding hydrogens is 357 g/mol. The number of piperazine rings is 1. The predicted octanol–water partition coefficient (Wildman–Crippen LogP) is 2.05. The molecule has 130 valence electrons. The summed E-state index contributed by atoms with van der Waals surface area (Å²) in [4.78, 5) is 4.67. The smallest absolute Gasteiger partial charge is 0.215 e. The van der Waals surface area contributed by atoms with E-state index in [9.17, 15) is 8.42 Å². The Morgan fingerprint density at radius 1 is 1.13 bits per heavy atom. The Labute approximate surface area is 148 Å². The zero-order valence-electron chi connectivity index (χ0n) is 13.3. The molecule has 0 saturated carbocycles. The van der Waals surface area contributed by atoms with E-state index in [1.807, 2.05) is 0 Å². The number of nitrogens with zero attached hydrogens (tertiary/aromatic N) is 2. The van der Waals surface area contributed by atoms with Gasteiger partial charge in [-0.05, 0) is 37.7 Å². The normalized spacial score (nSPS) is 17.5. The second kappa shape index (κ2) is 8.65. The van der Waals surface area contributed by atoms with Gasteiger partial charge in [0.1, 0.15) is 0 Å². The van der Waals surface area contributed by atoms with Gasteiger partial charge in [-0.3, -0.25) is 0 Å². The van der Waals surface area contributed by atoms with Crippen molar-refractivity contribution in [3.8, 4) is 0 Å². The Hall–Kier alpha value is -0.370. The molecular formula is C15H23Cl2N3O2S. The van der Waals surface area contributed by atoms with Crippen LogP contribution in [0.1, 0.15) is 12.0 Å². The Morgan fingerprint density at radius 3 is 2.48 bits per heavy atom. The molecule has 0 amide bonds. The summed E-state index contributed by atoms with van der Waals surface area (Å²) in [6.07, 6.45) is 0.810. The van der Waals surface area contributed by atoms with Gasteiger partial charge in [0.25, 0.3) is 0 Å². The maximum Gasteiger partial charge on any atom is 0.215 e. The molecule has 0 bridgehead atoms. The van der Waals surface area contributed by atoms with Crippen LogP contribution < -0.4 is 4.72 Å². The van der Waals surface area contributed by atoms with Gasteiger partial charge in [0.2, 0.25) is 10.0 Å². The van der Waals surface area contributed by atoms with Crippen LogP contribution in [0, 0.1) is 0 Å². The molecule has 0 radical (unpaired) electrons. The Kier molecular flexibility index (Phi) is 7.13. The number of nitrogens with one attached hydrogen (secondary N) is 1. The highest BCUT2D eigenvalue weighted by Crippen LogP contribution is 2.23. The first-order valence-corrected chi connectivity index (χ1v) is 10.1. The SMILES string of the molecule is CN1CCN(CCCNS(=O)(=O)Cc2ccc(Cl)c(Cl)c2)CC1. The zero-order chi connectivity index (χ0) is 16.9. The van der Waals surface area contributed by atoms with Crippen molar-refractivity contribution in [3.05, 3.63) is 33.8 Å². The van der Waals surface area contributed by atoms with Gasteiger partial charge in [0, 0.05) is 32.7 Å². The van der Waals surface area contributed by atoms with Crippen molar-refractivity contribution in [1.29, 1.82) is 0 Å². The third-order valence-electron chi connectivity index (χ3n) is 3.91. The quantitative estimate of drug-likeness (QED) is 0.736. The van der Waals surface area contributed by atoms with Crippen LogP contribution >= 0.6 is 23.2 Å². The summed E-state index contributed by atoms with van der Waals surface area (Å²) in [5.74, 6) is -0.0849. The van der Waals surface area contributed by atoms with Crippen LogP contribution in [-0.4, -0.2) is 64.5 Å². The first kappa shape index (κ1) is 19.0. The van der Waals surface area contributed by atoms with Crippen LogP contribution in [0.2, 0.25) is 10.0 Å². The number of benzene rings is 1. The molecule has 1 aliphatic rings. The molecule has 1 aromatic rings. The summed E-state index contributed by atoms with van der Waals surface area (Å²) in [6.45, 7) is 5.62. The highest BCUT2D eigenvalue weighted by Gasteiger charge is 2.15. The summed E-state index contributed by atoms with van der Waals surface area (Å²) in [7, 11) is -1.23. The van der Waals surface area contributed by atoms with E-state index in [0.29, 0.717) is 22.2 Å². The molecule has 2 rings (SSSR count). The first-order valence-electron chi connectivity index (χ1n) is 7.68. The molecule has 1 N–H and O–H groups in total. The van der Waals surface area contributed by atoms with E-state index in [2.05, 4.69) is 21.6 Å². The number of rotatable bonds is 7. The Morgan fingerprint density at radius 2 is 1.83 bits per heavy atom. The number of likely N-dealkylation sites (N-methyl/N-ethyl adjacent to an activating group) is 1. The molecule has 0 unspecified atom stereocenters. The summed E-state index contributed by atoms with van der Waals surface area (Å²) in [6, 6.07) is 4.88. The third-order valence-corrected chi connectivity index (χ3v) is 6.01. The van der Waals surface area contributed by atoms with E-state index in [-0.39, 0.29) is 5.75 Å². The number of hydrogen-bond acceptors (Lipinski definition) is 4. The topological polar surface area (TPSA) is 52.6 Å². The number of halogens is 2. The second-order valence-electron chi connectivity index (χ2n) is 5.90. The molecule has 1 saturated heterocycles. The Balaban J connectivity index is 1.72. The molecule has 8 heteroatoms. The average molecular weight is 380 g/mol. The van der Waals surface area contributed by atoms with Crippen molar-refractivity contribution >= 4 is 33.2 Å². The van der Waals surface area contributed by atoms with E-state index in [1.165, 1.54) is 0 Å². The molecule has 0 aliphatic carbocycles. The van der Waals surface area contributed by atoms with E-state index in [1.54, 1.807) is 18.2 Å². The largest absolute Gasteiger partial charge is 0.304 e. The standard InChI is InChI=1S/C15H23Cl2N3O2S/c1-19-7-9-20(10-8-19)6-2-5-18-23(21,22)12-13-3-4-14(16)15(17)11-13/h3-4,11,18H,2,5-10,12H2,1H3. The van der Waals surface area contributed by atoms with Crippen LogP contribution in [0.5, 0.6) is 0 Å². The third kappa shape index (κ3) is 6.57. The van der Waals surface area contributed by atoms with Crippen molar-refractivity contribution in [3.63, 3.8) is 0 Å². The van der Waals surface area contributed by atoms with Crippen LogP contribution in [0.4, 0.5) is 0 Å².